The van der Waals surface area contributed by atoms with Gasteiger partial charge in [0.2, 0.25) is 0 Å². The van der Waals surface area contributed by atoms with Gasteiger partial charge in [0.1, 0.15) is 10.9 Å². The molecule has 0 unspecified atom stereocenters. The van der Waals surface area contributed by atoms with Crippen LogP contribution in [0.3, 0.4) is 0 Å². The molecule has 0 spiro atoms. The normalized spacial score (nSPS) is 15.5. The minimum absolute atomic E-state index is 0.0191. The zero-order valence-electron chi connectivity index (χ0n) is 17.4. The summed E-state index contributed by atoms with van der Waals surface area (Å²) in [5, 5.41) is 4.39. The number of hydrogen-bond acceptors (Lipinski definition) is 6. The van der Waals surface area contributed by atoms with Crippen LogP contribution in [0.15, 0.2) is 41.5 Å². The fourth-order valence-electron chi connectivity index (χ4n) is 3.91. The van der Waals surface area contributed by atoms with Crippen LogP contribution in [0.5, 0.6) is 5.75 Å². The third-order valence-electron chi connectivity index (χ3n) is 5.72. The van der Waals surface area contributed by atoms with Gasteiger partial charge < -0.3 is 19.5 Å². The largest absolute Gasteiger partial charge is 0.495 e. The Morgan fingerprint density at radius 3 is 2.68 bits per heavy atom. The summed E-state index contributed by atoms with van der Waals surface area (Å²) >= 11 is 11.9. The zero-order valence-corrected chi connectivity index (χ0v) is 18.9. The van der Waals surface area contributed by atoms with Gasteiger partial charge >= 0.3 is 0 Å². The molecule has 7 nitrogen and oxygen atoms in total. The van der Waals surface area contributed by atoms with Crippen molar-refractivity contribution in [1.29, 1.82) is 0 Å². The Balaban J connectivity index is 1.31. The summed E-state index contributed by atoms with van der Waals surface area (Å²) in [6.07, 6.45) is 5.52. The molecule has 164 valence electrons. The molecule has 0 amide bonds. The van der Waals surface area contributed by atoms with Crippen LogP contribution in [-0.2, 0) is 13.1 Å². The second-order valence-corrected chi connectivity index (χ2v) is 8.48. The summed E-state index contributed by atoms with van der Waals surface area (Å²) in [5.41, 5.74) is 2.60. The number of methoxy groups -OCH3 is 1. The van der Waals surface area contributed by atoms with Crippen LogP contribution in [0.1, 0.15) is 18.4 Å². The first-order chi connectivity index (χ1) is 15.0. The van der Waals surface area contributed by atoms with Crippen LogP contribution in [0.4, 0.5) is 0 Å². The van der Waals surface area contributed by atoms with Crippen molar-refractivity contribution in [3.8, 4) is 5.75 Å². The van der Waals surface area contributed by atoms with Crippen molar-refractivity contribution in [1.82, 2.24) is 24.8 Å². The van der Waals surface area contributed by atoms with Crippen molar-refractivity contribution in [2.24, 2.45) is 0 Å². The van der Waals surface area contributed by atoms with Gasteiger partial charge in [-0.25, -0.2) is 4.98 Å². The third-order valence-corrected chi connectivity index (χ3v) is 6.41. The smallest absolute Gasteiger partial charge is 0.251 e. The Morgan fingerprint density at radius 2 is 1.94 bits per heavy atom. The highest BCUT2D eigenvalue weighted by Crippen LogP contribution is 2.20. The van der Waals surface area contributed by atoms with Crippen LogP contribution in [-0.4, -0.2) is 52.2 Å². The lowest BCUT2D eigenvalue weighted by atomic mass is 10.0. The molecule has 0 radical (unpaired) electrons. The molecule has 0 saturated carbocycles. The lowest BCUT2D eigenvalue weighted by Crippen LogP contribution is -2.43. The van der Waals surface area contributed by atoms with Crippen LogP contribution in [0.2, 0.25) is 10.2 Å². The molecule has 0 aromatic carbocycles. The van der Waals surface area contributed by atoms with Gasteiger partial charge in [-0.1, -0.05) is 23.2 Å². The van der Waals surface area contributed by atoms with Gasteiger partial charge in [0.05, 0.1) is 29.4 Å². The highest BCUT2D eigenvalue weighted by atomic mass is 35.5. The van der Waals surface area contributed by atoms with Crippen LogP contribution >= 0.6 is 23.2 Å². The Labute approximate surface area is 191 Å². The number of piperidine rings is 1. The number of pyridine rings is 3. The maximum absolute atomic E-state index is 12.5. The summed E-state index contributed by atoms with van der Waals surface area (Å²) in [7, 11) is 1.60. The fourth-order valence-corrected chi connectivity index (χ4v) is 4.21. The van der Waals surface area contributed by atoms with E-state index >= 15 is 0 Å². The van der Waals surface area contributed by atoms with Crippen molar-refractivity contribution >= 4 is 34.2 Å². The first-order valence-corrected chi connectivity index (χ1v) is 11.1. The third kappa shape index (κ3) is 5.36. The molecule has 4 rings (SSSR count). The lowest BCUT2D eigenvalue weighted by Gasteiger charge is -2.32. The number of nitrogens with zero attached hydrogens (tertiary/aromatic N) is 4. The van der Waals surface area contributed by atoms with Gasteiger partial charge in [-0.3, -0.25) is 9.78 Å². The van der Waals surface area contributed by atoms with Crippen molar-refractivity contribution < 1.29 is 4.74 Å². The average molecular weight is 462 g/mol. The molecular formula is C22H25Cl2N5O2. The topological polar surface area (TPSA) is 72.3 Å². The maximum atomic E-state index is 12.5. The first-order valence-electron chi connectivity index (χ1n) is 10.3. The van der Waals surface area contributed by atoms with E-state index in [0.717, 1.165) is 55.6 Å². The number of aromatic nitrogens is 3. The van der Waals surface area contributed by atoms with Crippen LogP contribution in [0, 0.1) is 0 Å². The van der Waals surface area contributed by atoms with Gasteiger partial charge in [-0.2, -0.15) is 0 Å². The summed E-state index contributed by atoms with van der Waals surface area (Å²) in [5.74, 6) is 0.649. The molecular weight excluding hydrogens is 437 g/mol. The minimum Gasteiger partial charge on any atom is -0.495 e. The molecule has 9 heteroatoms. The zero-order chi connectivity index (χ0) is 21.8. The van der Waals surface area contributed by atoms with E-state index in [9.17, 15) is 4.79 Å². The monoisotopic (exact) mass is 461 g/mol. The molecule has 1 N–H and O–H groups in total. The summed E-state index contributed by atoms with van der Waals surface area (Å²) in [4.78, 5) is 23.3. The van der Waals surface area contributed by atoms with E-state index in [2.05, 4.69) is 20.2 Å². The van der Waals surface area contributed by atoms with E-state index < -0.39 is 0 Å². The van der Waals surface area contributed by atoms with Gasteiger partial charge in [0, 0.05) is 44.0 Å². The van der Waals surface area contributed by atoms with Gasteiger partial charge in [0.15, 0.2) is 0 Å². The molecule has 0 bridgehead atoms. The van der Waals surface area contributed by atoms with Gasteiger partial charge in [-0.05, 0) is 43.6 Å². The molecule has 1 aliphatic rings. The highest BCUT2D eigenvalue weighted by molar-refractivity contribution is 6.41. The Hall–Kier alpha value is -2.19. The molecule has 1 fully saturated rings. The van der Waals surface area contributed by atoms with E-state index in [-0.39, 0.29) is 5.56 Å². The van der Waals surface area contributed by atoms with Crippen molar-refractivity contribution in [3.05, 3.63) is 62.8 Å². The molecule has 1 saturated heterocycles. The van der Waals surface area contributed by atoms with Crippen molar-refractivity contribution in [2.45, 2.75) is 32.0 Å². The number of fused-ring (bicyclic) bond motifs is 1. The van der Waals surface area contributed by atoms with Gasteiger partial charge in [0.25, 0.3) is 5.56 Å². The van der Waals surface area contributed by atoms with Crippen LogP contribution < -0.4 is 15.6 Å². The summed E-state index contributed by atoms with van der Waals surface area (Å²) in [6.45, 7) is 4.13. The molecule has 31 heavy (non-hydrogen) atoms. The van der Waals surface area contributed by atoms with E-state index in [1.165, 1.54) is 0 Å². The molecule has 3 aromatic rings. The SMILES string of the molecule is COc1cnc2ccc(=O)n(CCN3CCC(NCc4cnc(Cl)c(Cl)c4)CC3)c2c1. The predicted molar refractivity (Wildman–Crippen MR) is 123 cm³/mol. The maximum Gasteiger partial charge on any atom is 0.251 e. The van der Waals surface area contributed by atoms with Gasteiger partial charge in [-0.15, -0.1) is 0 Å². The Kier molecular flexibility index (Phi) is 7.07. The second-order valence-electron chi connectivity index (χ2n) is 7.72. The molecule has 4 heterocycles. The number of nitrogens with one attached hydrogen (secondary N) is 1. The fraction of sp³-hybridized carbons (Fsp3) is 0.409. The number of halogens is 2. The van der Waals surface area contributed by atoms with Crippen LogP contribution in [0.25, 0.3) is 11.0 Å². The highest BCUT2D eigenvalue weighted by Gasteiger charge is 2.19. The predicted octanol–water partition coefficient (Wildman–Crippen LogP) is 3.36. The number of hydrogen-bond donors (Lipinski definition) is 1. The molecule has 1 aliphatic heterocycles. The lowest BCUT2D eigenvalue weighted by molar-refractivity contribution is 0.191. The first kappa shape index (κ1) is 22.0. The van der Waals surface area contributed by atoms with Crippen molar-refractivity contribution in [3.63, 3.8) is 0 Å². The number of rotatable bonds is 7. The molecule has 0 aliphatic carbocycles. The quantitative estimate of drug-likeness (QED) is 0.543. The summed E-state index contributed by atoms with van der Waals surface area (Å²) in [6, 6.07) is 7.51. The number of ether oxygens (including phenoxy) is 1. The van der Waals surface area contributed by atoms with Crippen molar-refractivity contribution in [2.75, 3.05) is 26.7 Å². The minimum atomic E-state index is -0.0191. The standard InChI is InChI=1S/C22H25Cl2N5O2/c1-31-17-11-20-19(26-14-17)2-3-21(30)29(20)9-8-28-6-4-16(5-7-28)25-12-15-10-18(23)22(24)27-13-15/h2-3,10-11,13-14,16,25H,4-9,12H2,1H3. The van der Waals surface area contributed by atoms with E-state index in [4.69, 9.17) is 27.9 Å². The van der Waals surface area contributed by atoms with E-state index in [1.807, 2.05) is 12.1 Å². The Morgan fingerprint density at radius 1 is 1.13 bits per heavy atom. The molecule has 0 atom stereocenters. The van der Waals surface area contributed by atoms with E-state index in [0.29, 0.717) is 28.5 Å². The summed E-state index contributed by atoms with van der Waals surface area (Å²) < 4.78 is 7.06. The Bertz CT molecular complexity index is 1110. The second kappa shape index (κ2) is 9.96. The number of likely N-dealkylation sites (tertiary alicyclic amines) is 1. The van der Waals surface area contributed by atoms with E-state index in [1.54, 1.807) is 36.2 Å². The average Bonchev–Trinajstić information content (AvgIpc) is 2.79. The molecule has 3 aromatic heterocycles.